The highest BCUT2D eigenvalue weighted by Crippen LogP contribution is 2.39. The topological polar surface area (TPSA) is 68.3 Å². The van der Waals surface area contributed by atoms with E-state index >= 15 is 0 Å². The summed E-state index contributed by atoms with van der Waals surface area (Å²) < 4.78 is 18.0. The molecule has 0 aromatic heterocycles. The average molecular weight is 621 g/mol. The lowest BCUT2D eigenvalue weighted by Crippen LogP contribution is -2.62. The minimum Gasteiger partial charge on any atom is -0.457 e. The lowest BCUT2D eigenvalue weighted by Gasteiger charge is -2.49. The molecule has 2 aliphatic rings. The lowest BCUT2D eigenvalue weighted by molar-refractivity contribution is -0.141. The predicted octanol–water partition coefficient (Wildman–Crippen LogP) is 7.46. The molecular formula is C36H52N2O5Si. The summed E-state index contributed by atoms with van der Waals surface area (Å²) >= 11 is 0. The van der Waals surface area contributed by atoms with Crippen molar-refractivity contribution in [3.05, 3.63) is 76.9 Å². The number of rotatable bonds is 9. The molecular weight excluding hydrogens is 568 g/mol. The van der Waals surface area contributed by atoms with E-state index in [1.54, 1.807) is 4.90 Å². The first-order chi connectivity index (χ1) is 20.6. The highest BCUT2D eigenvalue weighted by atomic mass is 28.4. The maximum Gasteiger partial charge on any atom is 0.410 e. The van der Waals surface area contributed by atoms with E-state index in [2.05, 4.69) is 63.0 Å². The summed E-state index contributed by atoms with van der Waals surface area (Å²) in [6.45, 7) is 18.9. The van der Waals surface area contributed by atoms with Crippen molar-refractivity contribution in [1.82, 2.24) is 9.80 Å². The van der Waals surface area contributed by atoms with Crippen LogP contribution >= 0.6 is 0 Å². The van der Waals surface area contributed by atoms with Gasteiger partial charge in [0.15, 0.2) is 8.32 Å². The van der Waals surface area contributed by atoms with Gasteiger partial charge < -0.3 is 18.8 Å². The molecule has 0 N–H and O–H groups in total. The first kappa shape index (κ1) is 33.9. The molecule has 2 aromatic carbocycles. The standard InChI is InChI=1S/C36H52N2O5Si/c1-35(2,3)43-34(40)38-23-29-22-30(28-19-17-26(18-20-28)16-13-21-42-44(8,9)36(4,5)6)32(31(24-38)37(29)7)33(39)41-25-27-14-11-10-12-15-27/h10-12,14-15,17-20,29,31H,13,16,21-25H2,1-9H3/t29?,31-/m1/s1. The Balaban J connectivity index is 1.55. The number of carbonyl (C=O) groups excluding carboxylic acids is 2. The van der Waals surface area contributed by atoms with Crippen LogP contribution in [0.1, 0.15) is 71.1 Å². The second-order valence-electron chi connectivity index (χ2n) is 14.8. The van der Waals surface area contributed by atoms with Crippen LogP contribution in [-0.2, 0) is 31.7 Å². The maximum absolute atomic E-state index is 13.8. The Bertz CT molecular complexity index is 1330. The second-order valence-corrected chi connectivity index (χ2v) is 19.6. The van der Waals surface area contributed by atoms with Crippen LogP contribution in [0.4, 0.5) is 4.79 Å². The predicted molar refractivity (Wildman–Crippen MR) is 179 cm³/mol. The van der Waals surface area contributed by atoms with Crippen molar-refractivity contribution in [2.45, 2.75) is 103 Å². The van der Waals surface area contributed by atoms with Gasteiger partial charge in [0.25, 0.3) is 0 Å². The van der Waals surface area contributed by atoms with Gasteiger partial charge >= 0.3 is 12.1 Å². The van der Waals surface area contributed by atoms with Crippen molar-refractivity contribution < 1.29 is 23.5 Å². The molecule has 4 rings (SSSR count). The molecule has 0 radical (unpaired) electrons. The lowest BCUT2D eigenvalue weighted by atomic mass is 9.82. The Morgan fingerprint density at radius 3 is 2.18 bits per heavy atom. The number of ether oxygens (including phenoxy) is 2. The first-order valence-electron chi connectivity index (χ1n) is 15.9. The van der Waals surface area contributed by atoms with Crippen LogP contribution < -0.4 is 0 Å². The number of piperazine rings is 1. The van der Waals surface area contributed by atoms with Crippen LogP contribution in [0.15, 0.2) is 60.2 Å². The molecule has 0 saturated carbocycles. The molecule has 2 atom stereocenters. The van der Waals surface area contributed by atoms with Gasteiger partial charge in [-0.25, -0.2) is 9.59 Å². The van der Waals surface area contributed by atoms with Gasteiger partial charge in [-0.3, -0.25) is 4.90 Å². The summed E-state index contributed by atoms with van der Waals surface area (Å²) in [5.74, 6) is -0.336. The van der Waals surface area contributed by atoms with Crippen molar-refractivity contribution in [1.29, 1.82) is 0 Å². The van der Waals surface area contributed by atoms with Crippen molar-refractivity contribution >= 4 is 26.0 Å². The number of hydrogen-bond acceptors (Lipinski definition) is 6. The second kappa shape index (κ2) is 13.6. The fraction of sp³-hybridized carbons (Fsp3) is 0.556. The highest BCUT2D eigenvalue weighted by Gasteiger charge is 2.45. The average Bonchev–Trinajstić information content (AvgIpc) is 2.93. The van der Waals surface area contributed by atoms with Crippen LogP contribution in [0.25, 0.3) is 5.57 Å². The van der Waals surface area contributed by atoms with E-state index in [1.807, 2.05) is 58.2 Å². The number of nitrogens with zero attached hydrogens (tertiary/aromatic N) is 2. The zero-order valence-corrected chi connectivity index (χ0v) is 29.2. The van der Waals surface area contributed by atoms with E-state index in [0.717, 1.165) is 36.1 Å². The fourth-order valence-electron chi connectivity index (χ4n) is 5.60. The van der Waals surface area contributed by atoms with Crippen LogP contribution in [0.2, 0.25) is 18.1 Å². The number of esters is 1. The number of carbonyl (C=O) groups is 2. The smallest absolute Gasteiger partial charge is 0.410 e. The third-order valence-corrected chi connectivity index (χ3v) is 13.8. The van der Waals surface area contributed by atoms with Crippen molar-refractivity contribution in [3.63, 3.8) is 0 Å². The van der Waals surface area contributed by atoms with E-state index < -0.39 is 13.9 Å². The zero-order chi connectivity index (χ0) is 32.3. The quantitative estimate of drug-likeness (QED) is 0.165. The Morgan fingerprint density at radius 1 is 0.909 bits per heavy atom. The number of likely N-dealkylation sites (N-methyl/N-ethyl adjacent to an activating group) is 1. The van der Waals surface area contributed by atoms with Gasteiger partial charge in [0.05, 0.1) is 11.6 Å². The highest BCUT2D eigenvalue weighted by molar-refractivity contribution is 6.74. The van der Waals surface area contributed by atoms with E-state index in [9.17, 15) is 9.59 Å². The Morgan fingerprint density at radius 2 is 1.57 bits per heavy atom. The van der Waals surface area contributed by atoms with Crippen LogP contribution in [-0.4, -0.2) is 74.6 Å². The number of hydrogen-bond donors (Lipinski definition) is 0. The molecule has 44 heavy (non-hydrogen) atoms. The fourth-order valence-corrected chi connectivity index (χ4v) is 6.69. The molecule has 1 amide bonds. The van der Waals surface area contributed by atoms with E-state index in [1.165, 1.54) is 5.56 Å². The Labute approximate surface area is 265 Å². The van der Waals surface area contributed by atoms with Gasteiger partial charge in [0.1, 0.15) is 12.2 Å². The molecule has 8 heteroatoms. The van der Waals surface area contributed by atoms with Gasteiger partial charge in [-0.1, -0.05) is 75.4 Å². The molecule has 2 bridgehead atoms. The zero-order valence-electron chi connectivity index (χ0n) is 28.2. The molecule has 240 valence electrons. The molecule has 1 fully saturated rings. The summed E-state index contributed by atoms with van der Waals surface area (Å²) in [5, 5.41) is 0.207. The van der Waals surface area contributed by atoms with E-state index in [4.69, 9.17) is 13.9 Å². The minimum absolute atomic E-state index is 0.0640. The Hall–Kier alpha value is -2.94. The van der Waals surface area contributed by atoms with Crippen molar-refractivity contribution in [2.75, 3.05) is 26.7 Å². The number of benzene rings is 2. The molecule has 2 aromatic rings. The summed E-state index contributed by atoms with van der Waals surface area (Å²) in [7, 11) is 0.291. The molecule has 2 aliphatic heterocycles. The summed E-state index contributed by atoms with van der Waals surface area (Å²) in [4.78, 5) is 30.9. The van der Waals surface area contributed by atoms with Gasteiger partial charge in [0, 0.05) is 25.7 Å². The Kier molecular flexibility index (Phi) is 10.5. The monoisotopic (exact) mass is 620 g/mol. The van der Waals surface area contributed by atoms with Gasteiger partial charge in [0.2, 0.25) is 0 Å². The molecule has 0 aliphatic carbocycles. The number of fused-ring (bicyclic) bond motifs is 2. The van der Waals surface area contributed by atoms with Gasteiger partial charge in [-0.05, 0) is 87.5 Å². The minimum atomic E-state index is -1.75. The molecule has 1 unspecified atom stereocenters. The molecule has 7 nitrogen and oxygen atoms in total. The van der Waals surface area contributed by atoms with Gasteiger partial charge in [-0.2, -0.15) is 0 Å². The number of amides is 1. The van der Waals surface area contributed by atoms with E-state index in [0.29, 0.717) is 25.1 Å². The summed E-state index contributed by atoms with van der Waals surface area (Å²) in [6, 6.07) is 18.1. The third kappa shape index (κ3) is 8.40. The first-order valence-corrected chi connectivity index (χ1v) is 18.8. The van der Waals surface area contributed by atoms with Crippen LogP contribution in [0, 0.1) is 0 Å². The molecule has 2 heterocycles. The summed E-state index contributed by atoms with van der Waals surface area (Å²) in [5.41, 5.74) is 4.27. The van der Waals surface area contributed by atoms with E-state index in [-0.39, 0.29) is 35.8 Å². The molecule has 1 saturated heterocycles. The number of aryl methyl sites for hydroxylation is 1. The van der Waals surface area contributed by atoms with Crippen LogP contribution in [0.3, 0.4) is 0 Å². The van der Waals surface area contributed by atoms with Crippen LogP contribution in [0.5, 0.6) is 0 Å². The molecule has 0 spiro atoms. The van der Waals surface area contributed by atoms with Crippen molar-refractivity contribution in [3.8, 4) is 0 Å². The normalized spacial score (nSPS) is 19.6. The van der Waals surface area contributed by atoms with Gasteiger partial charge in [-0.15, -0.1) is 0 Å². The SMILES string of the molecule is CN1C2CC(c3ccc(CCCO[Si](C)(C)C(C)(C)C)cc3)=C(C(=O)OCc3ccccc3)[C@H]1CN(C(=O)OC(C)(C)C)C2. The largest absolute Gasteiger partial charge is 0.457 e. The van der Waals surface area contributed by atoms with Crippen molar-refractivity contribution in [2.24, 2.45) is 0 Å². The maximum atomic E-state index is 13.8. The third-order valence-electron chi connectivity index (χ3n) is 9.26. The summed E-state index contributed by atoms with van der Waals surface area (Å²) in [6.07, 6.45) is 2.21.